The van der Waals surface area contributed by atoms with E-state index in [-0.39, 0.29) is 17.7 Å². The second-order valence-electron chi connectivity index (χ2n) is 7.64. The Balaban J connectivity index is 2.17. The first-order chi connectivity index (χ1) is 15.9. The van der Waals surface area contributed by atoms with E-state index in [0.29, 0.717) is 22.8 Å². The van der Waals surface area contributed by atoms with Crippen LogP contribution < -0.4 is 21.3 Å². The molecule has 2 aromatic carbocycles. The molecule has 0 spiro atoms. The van der Waals surface area contributed by atoms with Crippen molar-refractivity contribution in [2.45, 2.75) is 12.8 Å². The summed E-state index contributed by atoms with van der Waals surface area (Å²) < 4.78 is 13.5. The number of carbonyl (C=O) groups is 1. The van der Waals surface area contributed by atoms with Gasteiger partial charge in [0.15, 0.2) is 0 Å². The van der Waals surface area contributed by atoms with Crippen molar-refractivity contribution in [3.63, 3.8) is 0 Å². The molecular weight excluding hydrogens is 422 g/mol. The van der Waals surface area contributed by atoms with Gasteiger partial charge < -0.3 is 14.8 Å². The summed E-state index contributed by atoms with van der Waals surface area (Å²) in [6.45, 7) is 1.90. The molecule has 0 saturated heterocycles. The van der Waals surface area contributed by atoms with Crippen molar-refractivity contribution in [2.24, 2.45) is 14.1 Å². The number of hydrogen-bond donors (Lipinski definition) is 1. The van der Waals surface area contributed by atoms with Gasteiger partial charge in [-0.2, -0.15) is 0 Å². The lowest BCUT2D eigenvalue weighted by Gasteiger charge is -2.32. The molecule has 4 rings (SSSR count). The maximum atomic E-state index is 13.4. The lowest BCUT2D eigenvalue weighted by atomic mass is 9.80. The van der Waals surface area contributed by atoms with E-state index >= 15 is 0 Å². The number of anilines is 1. The molecule has 170 valence electrons. The molecule has 0 bridgehead atoms. The fourth-order valence-corrected chi connectivity index (χ4v) is 4.23. The van der Waals surface area contributed by atoms with Gasteiger partial charge in [-0.25, -0.2) is 9.59 Å². The number of rotatable bonds is 5. The molecule has 1 atom stereocenters. The summed E-state index contributed by atoms with van der Waals surface area (Å²) in [7, 11) is 4.54. The lowest BCUT2D eigenvalue weighted by molar-refractivity contribution is -0.138. The molecule has 1 aliphatic heterocycles. The first-order valence-electron chi connectivity index (χ1n) is 10.6. The number of ether oxygens (including phenoxy) is 2. The maximum absolute atomic E-state index is 13.4. The maximum Gasteiger partial charge on any atom is 0.337 e. The minimum Gasteiger partial charge on any atom is -0.496 e. The van der Waals surface area contributed by atoms with Crippen LogP contribution in [0.3, 0.4) is 0 Å². The van der Waals surface area contributed by atoms with Crippen molar-refractivity contribution in [3.8, 4) is 5.75 Å². The third-order valence-corrected chi connectivity index (χ3v) is 5.80. The van der Waals surface area contributed by atoms with Crippen molar-refractivity contribution in [3.05, 3.63) is 97.7 Å². The molecule has 0 aliphatic carbocycles. The molecule has 3 aromatic rings. The smallest absolute Gasteiger partial charge is 0.337 e. The van der Waals surface area contributed by atoms with E-state index in [1.165, 1.54) is 18.7 Å². The Morgan fingerprint density at radius 1 is 1.00 bits per heavy atom. The average Bonchev–Trinajstić information content (AvgIpc) is 2.85. The Morgan fingerprint density at radius 2 is 1.67 bits per heavy atom. The van der Waals surface area contributed by atoms with Crippen LogP contribution in [0.25, 0.3) is 5.70 Å². The number of nitrogens with one attached hydrogen (secondary N) is 1. The van der Waals surface area contributed by atoms with Gasteiger partial charge in [0, 0.05) is 19.7 Å². The molecule has 2 heterocycles. The van der Waals surface area contributed by atoms with Gasteiger partial charge >= 0.3 is 11.7 Å². The fourth-order valence-electron chi connectivity index (χ4n) is 4.23. The van der Waals surface area contributed by atoms with Crippen LogP contribution in [0.4, 0.5) is 5.82 Å². The van der Waals surface area contributed by atoms with Crippen molar-refractivity contribution >= 4 is 17.5 Å². The molecule has 1 aromatic heterocycles. The van der Waals surface area contributed by atoms with Crippen LogP contribution >= 0.6 is 0 Å². The van der Waals surface area contributed by atoms with Crippen LogP contribution in [0.2, 0.25) is 0 Å². The van der Waals surface area contributed by atoms with Crippen LogP contribution in [0.1, 0.15) is 29.5 Å². The molecule has 1 aliphatic rings. The van der Waals surface area contributed by atoms with Gasteiger partial charge in [0.25, 0.3) is 5.56 Å². The van der Waals surface area contributed by atoms with E-state index in [1.807, 2.05) is 48.5 Å². The molecule has 8 nitrogen and oxygen atoms in total. The van der Waals surface area contributed by atoms with Crippen molar-refractivity contribution in [1.82, 2.24) is 9.13 Å². The van der Waals surface area contributed by atoms with E-state index in [2.05, 4.69) is 5.32 Å². The van der Waals surface area contributed by atoms with Gasteiger partial charge in [-0.3, -0.25) is 13.9 Å². The van der Waals surface area contributed by atoms with Gasteiger partial charge in [0.05, 0.1) is 36.5 Å². The highest BCUT2D eigenvalue weighted by molar-refractivity contribution is 6.04. The van der Waals surface area contributed by atoms with E-state index in [1.54, 1.807) is 20.0 Å². The summed E-state index contributed by atoms with van der Waals surface area (Å²) in [5.41, 5.74) is 1.39. The minimum absolute atomic E-state index is 0.168. The summed E-state index contributed by atoms with van der Waals surface area (Å²) in [6, 6.07) is 16.5. The molecule has 0 saturated carbocycles. The standard InChI is InChI=1S/C25H25N3O5/c1-5-33-24(30)19-18(16-13-9-10-14-17(16)32-4)20-22(27(2)25(31)28(3)23(20)29)26-21(19)15-11-7-6-8-12-15/h6-14,18,26H,5H2,1-4H3. The Labute approximate surface area is 190 Å². The van der Waals surface area contributed by atoms with Gasteiger partial charge in [0.1, 0.15) is 11.6 Å². The molecule has 1 unspecified atom stereocenters. The first-order valence-corrected chi connectivity index (χ1v) is 10.6. The van der Waals surface area contributed by atoms with Crippen LogP contribution in [0.5, 0.6) is 5.75 Å². The zero-order chi connectivity index (χ0) is 23.7. The number of esters is 1. The molecule has 8 heteroatoms. The van der Waals surface area contributed by atoms with Gasteiger partial charge in [-0.1, -0.05) is 48.5 Å². The summed E-state index contributed by atoms with van der Waals surface area (Å²) in [5, 5.41) is 3.20. The third kappa shape index (κ3) is 3.63. The largest absolute Gasteiger partial charge is 0.496 e. The number of methoxy groups -OCH3 is 1. The number of hydrogen-bond acceptors (Lipinski definition) is 6. The Morgan fingerprint density at radius 3 is 2.33 bits per heavy atom. The van der Waals surface area contributed by atoms with Crippen LogP contribution in [-0.2, 0) is 23.6 Å². The zero-order valence-corrected chi connectivity index (χ0v) is 18.9. The van der Waals surface area contributed by atoms with Crippen LogP contribution in [-0.4, -0.2) is 28.8 Å². The number of fused-ring (bicyclic) bond motifs is 1. The van der Waals surface area contributed by atoms with Crippen molar-refractivity contribution in [2.75, 3.05) is 19.0 Å². The Hall–Kier alpha value is -4.07. The number of aromatic nitrogens is 2. The summed E-state index contributed by atoms with van der Waals surface area (Å²) in [6.07, 6.45) is 0. The zero-order valence-electron chi connectivity index (χ0n) is 18.9. The predicted octanol–water partition coefficient (Wildman–Crippen LogP) is 2.62. The van der Waals surface area contributed by atoms with Crippen LogP contribution in [0.15, 0.2) is 69.8 Å². The Bertz CT molecular complexity index is 1370. The van der Waals surface area contributed by atoms with E-state index in [4.69, 9.17) is 9.47 Å². The van der Waals surface area contributed by atoms with Gasteiger partial charge in [-0.15, -0.1) is 0 Å². The monoisotopic (exact) mass is 447 g/mol. The van der Waals surface area contributed by atoms with Crippen LogP contribution in [0, 0.1) is 0 Å². The lowest BCUT2D eigenvalue weighted by Crippen LogP contribution is -2.43. The number of benzene rings is 2. The summed E-state index contributed by atoms with van der Waals surface area (Å²) in [5.74, 6) is -0.537. The normalized spacial score (nSPS) is 15.0. The second-order valence-corrected chi connectivity index (χ2v) is 7.64. The van der Waals surface area contributed by atoms with Gasteiger partial charge in [0.2, 0.25) is 0 Å². The predicted molar refractivity (Wildman–Crippen MR) is 125 cm³/mol. The molecule has 0 radical (unpaired) electrons. The number of nitrogens with zero attached hydrogens (tertiary/aromatic N) is 2. The summed E-state index contributed by atoms with van der Waals surface area (Å²) >= 11 is 0. The highest BCUT2D eigenvalue weighted by Crippen LogP contribution is 2.45. The molecule has 33 heavy (non-hydrogen) atoms. The summed E-state index contributed by atoms with van der Waals surface area (Å²) in [4.78, 5) is 39.6. The molecule has 0 fully saturated rings. The Kier molecular flexibility index (Phi) is 5.91. The van der Waals surface area contributed by atoms with Crippen molar-refractivity contribution in [1.29, 1.82) is 0 Å². The van der Waals surface area contributed by atoms with E-state index in [0.717, 1.165) is 10.1 Å². The molecule has 0 amide bonds. The SMILES string of the molecule is CCOC(=O)C1=C(c2ccccc2)Nc2c(c(=O)n(C)c(=O)n2C)C1c1ccccc1OC. The van der Waals surface area contributed by atoms with Crippen molar-refractivity contribution < 1.29 is 14.3 Å². The quantitative estimate of drug-likeness (QED) is 0.605. The topological polar surface area (TPSA) is 91.6 Å². The number of carbonyl (C=O) groups excluding carboxylic acids is 1. The fraction of sp³-hybridized carbons (Fsp3) is 0.240. The highest BCUT2D eigenvalue weighted by atomic mass is 16.5. The van der Waals surface area contributed by atoms with E-state index in [9.17, 15) is 14.4 Å². The first kappa shape index (κ1) is 22.1. The average molecular weight is 447 g/mol. The molecule has 1 N–H and O–H groups in total. The van der Waals surface area contributed by atoms with Gasteiger partial charge in [-0.05, 0) is 18.6 Å². The third-order valence-electron chi connectivity index (χ3n) is 5.80. The number of para-hydroxylation sites is 1. The minimum atomic E-state index is -0.822. The molecular formula is C25H25N3O5. The second kappa shape index (κ2) is 8.82. The highest BCUT2D eigenvalue weighted by Gasteiger charge is 2.40. The van der Waals surface area contributed by atoms with E-state index < -0.39 is 23.1 Å².